The van der Waals surface area contributed by atoms with Crippen molar-refractivity contribution in [1.29, 1.82) is 5.26 Å². The topological polar surface area (TPSA) is 245 Å². The first-order chi connectivity index (χ1) is 55.4. The zero-order chi connectivity index (χ0) is 86.2. The third-order valence-electron chi connectivity index (χ3n) is 21.9. The molecule has 4 aromatic carbocycles. The number of hydrogen-bond acceptors (Lipinski definition) is 20. The highest BCUT2D eigenvalue weighted by Crippen LogP contribution is 2.50. The van der Waals surface area contributed by atoms with Crippen LogP contribution in [0.2, 0.25) is 0 Å². The van der Waals surface area contributed by atoms with Crippen LogP contribution < -0.4 is 0 Å². The van der Waals surface area contributed by atoms with E-state index in [1.807, 2.05) is 191 Å². The Morgan fingerprint density at radius 2 is 0.853 bits per heavy atom. The van der Waals surface area contributed by atoms with Crippen molar-refractivity contribution in [2.24, 2.45) is 35.5 Å². The fourth-order valence-corrected chi connectivity index (χ4v) is 16.0. The fraction of sp³-hybridized carbons (Fsp3) is 0.705. The summed E-state index contributed by atoms with van der Waals surface area (Å²) in [5.74, 6) is -1.35. The van der Waals surface area contributed by atoms with Crippen LogP contribution in [0.3, 0.4) is 0 Å². The Hall–Kier alpha value is -4.45. The number of hydrogen-bond donors (Lipinski definition) is 4. The van der Waals surface area contributed by atoms with Gasteiger partial charge in [-0.1, -0.05) is 204 Å². The van der Waals surface area contributed by atoms with Gasteiger partial charge in [-0.25, -0.2) is 31.0 Å². The second kappa shape index (κ2) is 53.4. The summed E-state index contributed by atoms with van der Waals surface area (Å²) in [6.45, 7) is 34.5. The van der Waals surface area contributed by atoms with Crippen LogP contribution in [0.5, 0.6) is 0 Å². The number of rotatable bonds is 30. The Bertz CT molecular complexity index is 3270. The second-order valence-corrected chi connectivity index (χ2v) is 33.9. The summed E-state index contributed by atoms with van der Waals surface area (Å²) in [5.41, 5.74) is -0.445. The molecule has 4 aromatic rings. The quantitative estimate of drug-likeness (QED) is 0.0125. The van der Waals surface area contributed by atoms with Crippen LogP contribution in [0.25, 0.3) is 0 Å². The molecule has 6 fully saturated rings. The monoisotopic (exact) mass is 1680 g/mol. The summed E-state index contributed by atoms with van der Waals surface area (Å²) in [6, 6.07) is 40.6. The zero-order valence-electron chi connectivity index (χ0n) is 71.8. The number of nitriles is 1. The first kappa shape index (κ1) is 104. The number of aliphatic hydroxyl groups excluding tert-OH is 4. The van der Waals surface area contributed by atoms with Crippen molar-refractivity contribution < 1.29 is 112 Å². The predicted molar refractivity (Wildman–Crippen MR) is 442 cm³/mol. The minimum absolute atomic E-state index is 0.111. The molecule has 6 aliphatic heterocycles. The molecule has 0 amide bonds. The van der Waals surface area contributed by atoms with Gasteiger partial charge in [-0.15, -0.1) is 0 Å². The number of carbonyl (C=O) groups is 1. The van der Waals surface area contributed by atoms with Gasteiger partial charge in [0.1, 0.15) is 107 Å². The van der Waals surface area contributed by atoms with E-state index in [9.17, 15) is 46.5 Å². The van der Waals surface area contributed by atoms with Gasteiger partial charge in [0.15, 0.2) is 6.29 Å². The van der Waals surface area contributed by atoms with Crippen molar-refractivity contribution in [3.05, 3.63) is 144 Å². The normalized spacial score (nSPS) is 33.6. The smallest absolute Gasteiger partial charge is 0.259 e. The first-order valence-electron chi connectivity index (χ1n) is 41.4. The molecule has 0 aromatic heterocycles. The van der Waals surface area contributed by atoms with Crippen molar-refractivity contribution in [2.45, 2.75) is 277 Å². The van der Waals surface area contributed by atoms with Crippen molar-refractivity contribution in [3.63, 3.8) is 0 Å². The number of ether oxygens (including phenoxy) is 10. The van der Waals surface area contributed by atoms with Crippen LogP contribution in [0, 0.1) is 46.8 Å². The molecule has 5 unspecified atom stereocenters. The Morgan fingerprint density at radius 3 is 1.24 bits per heavy atom. The van der Waals surface area contributed by atoms with E-state index >= 15 is 0 Å². The highest BCUT2D eigenvalue weighted by molar-refractivity contribution is 7.44. The van der Waals surface area contributed by atoms with Gasteiger partial charge in [0, 0.05) is 48.6 Å². The number of aldehydes is 1. The van der Waals surface area contributed by atoms with E-state index in [0.29, 0.717) is 75.9 Å². The van der Waals surface area contributed by atoms with Gasteiger partial charge in [-0.3, -0.25) is 0 Å². The molecule has 24 atom stereocenters. The fourth-order valence-electron chi connectivity index (χ4n) is 13.6. The average molecular weight is 1690 g/mol. The SMILES string of the molecule is CC.CCCN(CCC)P(OCCC#N)O[C@H]1[C@@H](F)[C@H](C)CO[C@]1(C)CC.CC[C@@]1(C)OC[C@H](C)[C@H](F)C1OCc1ccccc1.C[C@@H]1CO[C@](C)(CO)[C@@H](O)[C@H]1F.C[C@@H]1CO[C@](C)(CO[SiH3])C(OCc2ccccc2)[C@H]1F.C[C@H]1COC(CO)(CO)C(OCc2ccccc2)[C@H]1F.C[C@H]1CO[C@H](C=O)C(OCc2ccccc2)[C@H]1F. The van der Waals surface area contributed by atoms with E-state index in [2.05, 4.69) is 24.6 Å². The van der Waals surface area contributed by atoms with E-state index in [0.717, 1.165) is 54.6 Å². The Kier molecular flexibility index (Phi) is 47.9. The van der Waals surface area contributed by atoms with E-state index in [1.54, 1.807) is 20.8 Å². The van der Waals surface area contributed by atoms with Crippen LogP contribution >= 0.6 is 8.53 Å². The molecule has 660 valence electrons. The minimum Gasteiger partial charge on any atom is -0.425 e. The lowest BCUT2D eigenvalue weighted by atomic mass is 9.84. The van der Waals surface area contributed by atoms with Gasteiger partial charge >= 0.3 is 0 Å². The van der Waals surface area contributed by atoms with E-state index in [4.69, 9.17) is 71.2 Å². The van der Waals surface area contributed by atoms with Gasteiger partial charge in [-0.2, -0.15) is 5.26 Å². The van der Waals surface area contributed by atoms with Crippen LogP contribution in [0.1, 0.15) is 165 Å². The molecule has 28 heteroatoms. The first-order valence-corrected chi connectivity index (χ1v) is 43.3. The minimum atomic E-state index is -1.42. The third kappa shape index (κ3) is 30.8. The maximum atomic E-state index is 15.0. The van der Waals surface area contributed by atoms with Crippen molar-refractivity contribution in [1.82, 2.24) is 4.67 Å². The second-order valence-electron chi connectivity index (χ2n) is 31.8. The Labute approximate surface area is 692 Å². The third-order valence-corrected chi connectivity index (χ3v) is 23.9. The molecule has 0 saturated carbocycles. The summed E-state index contributed by atoms with van der Waals surface area (Å²) < 4.78 is 162. The van der Waals surface area contributed by atoms with Gasteiger partial charge in [0.05, 0.1) is 123 Å². The van der Waals surface area contributed by atoms with Crippen LogP contribution in [0.15, 0.2) is 121 Å². The molecule has 6 saturated heterocycles. The molecular weight excluding hydrogens is 1550 g/mol. The molecule has 0 radical (unpaired) electrons. The molecule has 0 aliphatic carbocycles. The summed E-state index contributed by atoms with van der Waals surface area (Å²) in [6.07, 6.45) is -8.18. The molecule has 0 bridgehead atoms. The van der Waals surface area contributed by atoms with Crippen molar-refractivity contribution >= 4 is 25.3 Å². The predicted octanol–water partition coefficient (Wildman–Crippen LogP) is 14.8. The number of nitrogens with zero attached hydrogens (tertiary/aromatic N) is 2. The molecule has 116 heavy (non-hydrogen) atoms. The van der Waals surface area contributed by atoms with Crippen molar-refractivity contribution in [3.8, 4) is 6.07 Å². The molecule has 10 rings (SSSR count). The molecule has 4 N–H and O–H groups in total. The van der Waals surface area contributed by atoms with Gasteiger partial charge in [0.2, 0.25) is 0 Å². The standard InChI is InChI=1S/C18H34FN2O3P.C16H23FO2.C15H21FO4.C15H23FO3Si.C14H17FO3.C8H15FO3.C2H6/c1-6-11-21(12-7-2)25(23-13-9-10-20)24-17-16(19)15(4)14-22-18(17,5)8-3;1-4-16(3)15(14(17)12(2)10-19-16)18-11-13-8-6-5-7-9-13;1-11-7-20-15(9-17,10-18)14(13(11)16)19-8-12-5-3-2-4-6-12;1-11-8-18-15(2,10-19-20)14(13(11)16)17-9-12-6-4-3-5-7-12;1-10-8-17-12(7-16)14(13(10)15)18-9-11-5-3-2-4-6-11;1-5-3-12-8(2,4-10)7(11)6(5)9;1-2/h15-17H,6-9,11-14H2,1-5H3;5-9,12,14-15H,4,10-11H2,1-3H3;2-6,11,13-14,17-18H,7-10H2,1H3;3-7,11,13-14H,8-10H2,1-2,20H3;2-7,10,12-14H,8-9H2,1H3;5-7,10-11H,3-4H2,1-2H3;1-2H3/t15-,16+,17+,18-,25?;12-,14-,15?,16+;11-,13-,14?;11-,13+,14?,15-;10-,12+,13-,14?;5-,6+,7+,8-;/m100101./s1. The van der Waals surface area contributed by atoms with E-state index in [-0.39, 0.29) is 75.1 Å². The maximum Gasteiger partial charge on any atom is 0.259 e. The highest BCUT2D eigenvalue weighted by Gasteiger charge is 2.53. The van der Waals surface area contributed by atoms with Crippen LogP contribution in [-0.2, 0) is 92.1 Å². The maximum absolute atomic E-state index is 15.0. The number of benzene rings is 4. The largest absolute Gasteiger partial charge is 0.425 e. The van der Waals surface area contributed by atoms with Gasteiger partial charge in [-0.05, 0) is 75.6 Å². The van der Waals surface area contributed by atoms with Crippen molar-refractivity contribution in [2.75, 3.05) is 85.8 Å². The summed E-state index contributed by atoms with van der Waals surface area (Å²) in [7, 11) is -0.811. The zero-order valence-corrected chi connectivity index (χ0v) is 74.7. The number of halogens is 6. The van der Waals surface area contributed by atoms with Crippen LogP contribution in [0.4, 0.5) is 26.3 Å². The highest BCUT2D eigenvalue weighted by atomic mass is 31.2. The molecule has 0 spiro atoms. The molecule has 6 heterocycles. The van der Waals surface area contributed by atoms with Crippen LogP contribution in [-0.4, -0.2) is 235 Å². The summed E-state index contributed by atoms with van der Waals surface area (Å²) >= 11 is 0. The van der Waals surface area contributed by atoms with Gasteiger partial charge < -0.3 is 86.1 Å². The lowest BCUT2D eigenvalue weighted by Crippen LogP contribution is -2.62. The molecule has 6 aliphatic rings. The number of alkyl halides is 6. The summed E-state index contributed by atoms with van der Waals surface area (Å²) in [5, 5.41) is 46.0. The Balaban J connectivity index is 0.000000294. The molecule has 20 nitrogen and oxygen atoms in total. The average Bonchev–Trinajstić information content (AvgIpc) is 0.838. The van der Waals surface area contributed by atoms with Gasteiger partial charge in [0.25, 0.3) is 8.53 Å². The Morgan fingerprint density at radius 1 is 0.500 bits per heavy atom. The lowest BCUT2D eigenvalue weighted by Gasteiger charge is -2.46. The number of aliphatic hydroxyl groups is 4. The number of carbonyl (C=O) groups excluding carboxylic acids is 1. The summed E-state index contributed by atoms with van der Waals surface area (Å²) in [4.78, 5) is 10.9. The molecular formula is C88H139F6N2O18PSi. The van der Waals surface area contributed by atoms with E-state index in [1.165, 1.54) is 6.92 Å². The lowest BCUT2D eigenvalue weighted by molar-refractivity contribution is -0.246. The van der Waals surface area contributed by atoms with E-state index < -0.39 is 130 Å².